The van der Waals surface area contributed by atoms with Crippen LogP contribution in [0.3, 0.4) is 0 Å². The van der Waals surface area contributed by atoms with E-state index in [4.69, 9.17) is 0 Å². The molecule has 2 aliphatic carbocycles. The van der Waals surface area contributed by atoms with Crippen molar-refractivity contribution in [2.24, 2.45) is 29.6 Å². The lowest BCUT2D eigenvalue weighted by molar-refractivity contribution is -0.184. The van der Waals surface area contributed by atoms with Crippen molar-refractivity contribution in [2.45, 2.75) is 65.0 Å². The van der Waals surface area contributed by atoms with Crippen molar-refractivity contribution in [1.82, 2.24) is 0 Å². The van der Waals surface area contributed by atoms with Crippen molar-refractivity contribution in [2.75, 3.05) is 0 Å². The highest BCUT2D eigenvalue weighted by atomic mass is 19.4. The van der Waals surface area contributed by atoms with Gasteiger partial charge in [-0.15, -0.1) is 0 Å². The molecule has 2 saturated carbocycles. The highest BCUT2D eigenvalue weighted by Crippen LogP contribution is 2.42. The topological polar surface area (TPSA) is 17.1 Å². The molecule has 116 valence electrons. The van der Waals surface area contributed by atoms with Crippen LogP contribution < -0.4 is 0 Å². The van der Waals surface area contributed by atoms with Crippen LogP contribution in [-0.4, -0.2) is 12.0 Å². The van der Waals surface area contributed by atoms with E-state index in [2.05, 4.69) is 13.8 Å². The van der Waals surface area contributed by atoms with Crippen LogP contribution in [0.4, 0.5) is 13.2 Å². The second-order valence-electron chi connectivity index (χ2n) is 7.11. The minimum absolute atomic E-state index is 0.0983. The maximum atomic E-state index is 12.6. The number of halogens is 3. The van der Waals surface area contributed by atoms with Gasteiger partial charge in [0.05, 0.1) is 5.92 Å². The summed E-state index contributed by atoms with van der Waals surface area (Å²) < 4.78 is 37.9. The van der Waals surface area contributed by atoms with Gasteiger partial charge in [-0.2, -0.15) is 13.2 Å². The van der Waals surface area contributed by atoms with E-state index in [0.29, 0.717) is 24.7 Å². The molecule has 20 heavy (non-hydrogen) atoms. The first-order chi connectivity index (χ1) is 9.27. The third-order valence-corrected chi connectivity index (χ3v) is 5.17. The third-order valence-electron chi connectivity index (χ3n) is 5.17. The molecule has 0 N–H and O–H groups in total. The summed E-state index contributed by atoms with van der Waals surface area (Å²) >= 11 is 0. The molecule has 2 aliphatic rings. The Kier molecular flexibility index (Phi) is 4.80. The van der Waals surface area contributed by atoms with E-state index in [0.717, 1.165) is 12.8 Å². The standard InChI is InChI=1S/C16H25F3O/c1-10-7-11(2)9-13(8-10)15(20)12-3-5-14(6-4-12)16(17,18)19/h10-14H,3-9H2,1-2H3. The van der Waals surface area contributed by atoms with Crippen molar-refractivity contribution in [3.05, 3.63) is 0 Å². The van der Waals surface area contributed by atoms with Crippen LogP contribution >= 0.6 is 0 Å². The molecule has 0 bridgehead atoms. The Morgan fingerprint density at radius 1 is 0.850 bits per heavy atom. The van der Waals surface area contributed by atoms with Crippen LogP contribution in [0.15, 0.2) is 0 Å². The first kappa shape index (κ1) is 15.8. The average Bonchev–Trinajstić information content (AvgIpc) is 2.36. The predicted molar refractivity (Wildman–Crippen MR) is 72.2 cm³/mol. The normalized spacial score (nSPS) is 39.5. The lowest BCUT2D eigenvalue weighted by Gasteiger charge is -2.35. The second kappa shape index (κ2) is 6.07. The molecule has 0 heterocycles. The smallest absolute Gasteiger partial charge is 0.299 e. The fourth-order valence-corrected chi connectivity index (χ4v) is 4.22. The maximum Gasteiger partial charge on any atom is 0.391 e. The number of Topliss-reactive ketones (excluding diaryl/α,β-unsaturated/α-hetero) is 1. The zero-order chi connectivity index (χ0) is 14.9. The summed E-state index contributed by atoms with van der Waals surface area (Å²) in [5.74, 6) is 0.190. The summed E-state index contributed by atoms with van der Waals surface area (Å²) in [5.41, 5.74) is 0. The van der Waals surface area contributed by atoms with Crippen molar-refractivity contribution >= 4 is 5.78 Å². The molecule has 1 nitrogen and oxygen atoms in total. The molecule has 0 saturated heterocycles. The summed E-state index contributed by atoms with van der Waals surface area (Å²) in [4.78, 5) is 12.5. The molecule has 0 aliphatic heterocycles. The van der Waals surface area contributed by atoms with Gasteiger partial charge in [0.15, 0.2) is 0 Å². The van der Waals surface area contributed by atoms with E-state index in [1.807, 2.05) is 0 Å². The highest BCUT2D eigenvalue weighted by molar-refractivity contribution is 5.83. The average molecular weight is 290 g/mol. The van der Waals surface area contributed by atoms with Crippen molar-refractivity contribution in [3.8, 4) is 0 Å². The van der Waals surface area contributed by atoms with Gasteiger partial charge in [0.2, 0.25) is 0 Å². The number of alkyl halides is 3. The van der Waals surface area contributed by atoms with Gasteiger partial charge in [-0.25, -0.2) is 0 Å². The molecule has 2 rings (SSSR count). The Morgan fingerprint density at radius 3 is 1.80 bits per heavy atom. The van der Waals surface area contributed by atoms with Crippen molar-refractivity contribution in [1.29, 1.82) is 0 Å². The van der Waals surface area contributed by atoms with Gasteiger partial charge in [0, 0.05) is 11.8 Å². The Hall–Kier alpha value is -0.540. The molecule has 4 heteroatoms. The van der Waals surface area contributed by atoms with E-state index in [1.165, 1.54) is 6.42 Å². The van der Waals surface area contributed by atoms with Gasteiger partial charge in [-0.3, -0.25) is 4.79 Å². The molecule has 0 aromatic heterocycles. The number of hydrogen-bond acceptors (Lipinski definition) is 1. The summed E-state index contributed by atoms with van der Waals surface area (Å²) in [5, 5.41) is 0. The Bertz CT molecular complexity index is 332. The Balaban J connectivity index is 1.88. The molecule has 0 spiro atoms. The quantitative estimate of drug-likeness (QED) is 0.699. The van der Waals surface area contributed by atoms with Gasteiger partial charge < -0.3 is 0 Å². The molecule has 2 unspecified atom stereocenters. The summed E-state index contributed by atoms with van der Waals surface area (Å²) in [6.07, 6.45) is 0.0945. The maximum absolute atomic E-state index is 12.6. The van der Waals surface area contributed by atoms with E-state index in [-0.39, 0.29) is 30.5 Å². The Labute approximate surface area is 119 Å². The fourth-order valence-electron chi connectivity index (χ4n) is 4.22. The van der Waals surface area contributed by atoms with E-state index in [1.54, 1.807) is 0 Å². The second-order valence-corrected chi connectivity index (χ2v) is 7.11. The van der Waals surface area contributed by atoms with Gasteiger partial charge in [0.1, 0.15) is 5.78 Å². The van der Waals surface area contributed by atoms with Crippen LogP contribution in [0.2, 0.25) is 0 Å². The molecule has 0 aromatic carbocycles. The number of ketones is 1. The Morgan fingerprint density at radius 2 is 1.35 bits per heavy atom. The molecule has 2 fully saturated rings. The van der Waals surface area contributed by atoms with Crippen LogP contribution in [0.5, 0.6) is 0 Å². The molecule has 2 atom stereocenters. The highest BCUT2D eigenvalue weighted by Gasteiger charge is 2.43. The summed E-state index contributed by atoms with van der Waals surface area (Å²) in [6.45, 7) is 4.35. The van der Waals surface area contributed by atoms with Gasteiger partial charge in [-0.05, 0) is 56.8 Å². The summed E-state index contributed by atoms with van der Waals surface area (Å²) in [6, 6.07) is 0. The molecular weight excluding hydrogens is 265 g/mol. The van der Waals surface area contributed by atoms with E-state index < -0.39 is 12.1 Å². The van der Waals surface area contributed by atoms with Crippen molar-refractivity contribution in [3.63, 3.8) is 0 Å². The largest absolute Gasteiger partial charge is 0.391 e. The minimum Gasteiger partial charge on any atom is -0.299 e. The summed E-state index contributed by atoms with van der Waals surface area (Å²) in [7, 11) is 0. The lowest BCUT2D eigenvalue weighted by Crippen LogP contribution is -2.35. The van der Waals surface area contributed by atoms with Gasteiger partial charge >= 0.3 is 6.18 Å². The molecule has 0 amide bonds. The monoisotopic (exact) mass is 290 g/mol. The number of carbonyl (C=O) groups is 1. The molecule has 0 radical (unpaired) electrons. The molecule has 0 aromatic rings. The first-order valence-corrected chi connectivity index (χ1v) is 7.87. The van der Waals surface area contributed by atoms with E-state index in [9.17, 15) is 18.0 Å². The molecular formula is C16H25F3O. The van der Waals surface area contributed by atoms with Crippen LogP contribution in [0.1, 0.15) is 58.8 Å². The predicted octanol–water partition coefficient (Wildman–Crippen LogP) is 5.00. The zero-order valence-corrected chi connectivity index (χ0v) is 12.4. The number of rotatable bonds is 2. The minimum atomic E-state index is -4.08. The SMILES string of the molecule is CC1CC(C)CC(C(=O)C2CCC(C(F)(F)F)CC2)C1. The first-order valence-electron chi connectivity index (χ1n) is 7.87. The third kappa shape index (κ3) is 3.76. The number of carbonyl (C=O) groups excluding carboxylic acids is 1. The van der Waals surface area contributed by atoms with Crippen LogP contribution in [0.25, 0.3) is 0 Å². The van der Waals surface area contributed by atoms with Crippen LogP contribution in [-0.2, 0) is 4.79 Å². The lowest BCUT2D eigenvalue weighted by atomic mass is 9.70. The van der Waals surface area contributed by atoms with Gasteiger partial charge in [0.25, 0.3) is 0 Å². The van der Waals surface area contributed by atoms with Gasteiger partial charge in [-0.1, -0.05) is 13.8 Å². The fraction of sp³-hybridized carbons (Fsp3) is 0.938. The number of hydrogen-bond donors (Lipinski definition) is 0. The van der Waals surface area contributed by atoms with E-state index >= 15 is 0 Å². The van der Waals surface area contributed by atoms with Crippen molar-refractivity contribution < 1.29 is 18.0 Å². The van der Waals surface area contributed by atoms with Crippen LogP contribution in [0, 0.1) is 29.6 Å². The zero-order valence-electron chi connectivity index (χ0n) is 12.4.